The molecular formula is C14H18FNO4. The highest BCUT2D eigenvalue weighted by Crippen LogP contribution is 2.22. The van der Waals surface area contributed by atoms with Crippen LogP contribution in [0.25, 0.3) is 0 Å². The summed E-state index contributed by atoms with van der Waals surface area (Å²) in [7, 11) is 1.53. The molecule has 5 nitrogen and oxygen atoms in total. The first-order valence-electron chi connectivity index (χ1n) is 6.49. The van der Waals surface area contributed by atoms with Crippen LogP contribution in [0.2, 0.25) is 0 Å². The quantitative estimate of drug-likeness (QED) is 0.841. The van der Waals surface area contributed by atoms with Gasteiger partial charge in [-0.05, 0) is 25.0 Å². The summed E-state index contributed by atoms with van der Waals surface area (Å²) in [6.07, 6.45) is 0.354. The molecule has 110 valence electrons. The molecule has 0 saturated heterocycles. The fourth-order valence-electron chi connectivity index (χ4n) is 2.31. The summed E-state index contributed by atoms with van der Waals surface area (Å²) in [5.74, 6) is -0.876. The third-order valence-electron chi connectivity index (χ3n) is 3.40. The summed E-state index contributed by atoms with van der Waals surface area (Å²) in [5, 5.41) is 12.6. The topological polar surface area (TPSA) is 67.8 Å². The van der Waals surface area contributed by atoms with Gasteiger partial charge < -0.3 is 19.9 Å². The van der Waals surface area contributed by atoms with Gasteiger partial charge in [0.25, 0.3) is 5.91 Å². The Hall–Kier alpha value is -1.66. The van der Waals surface area contributed by atoms with E-state index in [1.54, 1.807) is 12.1 Å². The van der Waals surface area contributed by atoms with Crippen LogP contribution in [0.1, 0.15) is 12.8 Å². The Bertz CT molecular complexity index is 468. The van der Waals surface area contributed by atoms with Crippen LogP contribution in [0.15, 0.2) is 24.3 Å². The highest BCUT2D eigenvalue weighted by Gasteiger charge is 2.35. The number of benzene rings is 1. The number of nitrogens with one attached hydrogen (secondary N) is 1. The minimum absolute atomic E-state index is 0.0318. The minimum atomic E-state index is -0.725. The fraction of sp³-hybridized carbons (Fsp3) is 0.500. The van der Waals surface area contributed by atoms with Crippen LogP contribution >= 0.6 is 0 Å². The van der Waals surface area contributed by atoms with Crippen molar-refractivity contribution >= 4 is 5.91 Å². The predicted molar refractivity (Wildman–Crippen MR) is 69.9 cm³/mol. The highest BCUT2D eigenvalue weighted by atomic mass is 19.1. The van der Waals surface area contributed by atoms with Crippen LogP contribution in [0.5, 0.6) is 5.75 Å². The number of aliphatic hydroxyl groups excluding tert-OH is 1. The van der Waals surface area contributed by atoms with Gasteiger partial charge in [-0.3, -0.25) is 4.79 Å². The third kappa shape index (κ3) is 3.46. The lowest BCUT2D eigenvalue weighted by molar-refractivity contribution is -0.124. The average molecular weight is 283 g/mol. The normalized spacial score (nSPS) is 25.4. The molecule has 0 radical (unpaired) electrons. The second-order valence-electron chi connectivity index (χ2n) is 4.74. The summed E-state index contributed by atoms with van der Waals surface area (Å²) in [6, 6.07) is 5.53. The molecule has 6 heteroatoms. The van der Waals surface area contributed by atoms with Gasteiger partial charge in [0.05, 0.1) is 12.1 Å². The zero-order chi connectivity index (χ0) is 14.5. The Morgan fingerprint density at radius 2 is 2.20 bits per heavy atom. The SMILES string of the molecule is CO[C@@H]1CC[C@@H](NC(=O)COc2ccccc2F)[C@H]1O. The van der Waals surface area contributed by atoms with Crippen LogP contribution in [0.4, 0.5) is 4.39 Å². The Balaban J connectivity index is 1.80. The van der Waals surface area contributed by atoms with Crippen molar-refractivity contribution in [3.05, 3.63) is 30.1 Å². The number of rotatable bonds is 5. The smallest absolute Gasteiger partial charge is 0.258 e. The fourth-order valence-corrected chi connectivity index (χ4v) is 2.31. The van der Waals surface area contributed by atoms with E-state index >= 15 is 0 Å². The van der Waals surface area contributed by atoms with Gasteiger partial charge >= 0.3 is 0 Å². The number of carbonyl (C=O) groups excluding carboxylic acids is 1. The van der Waals surface area contributed by atoms with Crippen molar-refractivity contribution in [1.29, 1.82) is 0 Å². The van der Waals surface area contributed by atoms with Crippen molar-refractivity contribution in [3.63, 3.8) is 0 Å². The number of halogens is 1. The van der Waals surface area contributed by atoms with Crippen molar-refractivity contribution in [3.8, 4) is 5.75 Å². The highest BCUT2D eigenvalue weighted by molar-refractivity contribution is 5.78. The van der Waals surface area contributed by atoms with Crippen LogP contribution < -0.4 is 10.1 Å². The van der Waals surface area contributed by atoms with Gasteiger partial charge in [-0.25, -0.2) is 4.39 Å². The number of hydrogen-bond acceptors (Lipinski definition) is 4. The van der Waals surface area contributed by atoms with Crippen molar-refractivity contribution < 1.29 is 23.8 Å². The summed E-state index contributed by atoms with van der Waals surface area (Å²) >= 11 is 0. The van der Waals surface area contributed by atoms with E-state index in [4.69, 9.17) is 9.47 Å². The first-order chi connectivity index (χ1) is 9.61. The molecule has 20 heavy (non-hydrogen) atoms. The zero-order valence-corrected chi connectivity index (χ0v) is 11.2. The van der Waals surface area contributed by atoms with Gasteiger partial charge in [-0.1, -0.05) is 12.1 Å². The first kappa shape index (κ1) is 14.7. The number of hydrogen-bond donors (Lipinski definition) is 2. The molecule has 3 atom stereocenters. The number of para-hydroxylation sites is 1. The molecule has 0 aromatic heterocycles. The van der Waals surface area contributed by atoms with E-state index in [1.807, 2.05) is 0 Å². The molecule has 1 aromatic carbocycles. The monoisotopic (exact) mass is 283 g/mol. The molecule has 0 bridgehead atoms. The maximum atomic E-state index is 13.3. The third-order valence-corrected chi connectivity index (χ3v) is 3.40. The molecule has 1 amide bonds. The predicted octanol–water partition coefficient (Wildman–Crippen LogP) is 0.859. The van der Waals surface area contributed by atoms with Crippen LogP contribution in [-0.2, 0) is 9.53 Å². The van der Waals surface area contributed by atoms with Crippen LogP contribution in [-0.4, -0.2) is 43.0 Å². The maximum absolute atomic E-state index is 13.3. The maximum Gasteiger partial charge on any atom is 0.258 e. The molecule has 2 rings (SSSR count). The molecule has 0 heterocycles. The molecule has 0 unspecified atom stereocenters. The molecule has 1 aliphatic carbocycles. The molecule has 2 N–H and O–H groups in total. The molecule has 1 aliphatic rings. The van der Waals surface area contributed by atoms with E-state index in [9.17, 15) is 14.3 Å². The summed E-state index contributed by atoms with van der Waals surface area (Å²) in [6.45, 7) is -0.290. The van der Waals surface area contributed by atoms with E-state index in [0.717, 1.165) is 0 Å². The number of amides is 1. The van der Waals surface area contributed by atoms with Crippen molar-refractivity contribution in [2.45, 2.75) is 31.1 Å². The summed E-state index contributed by atoms with van der Waals surface area (Å²) < 4.78 is 23.5. The molecule has 0 spiro atoms. The van der Waals surface area contributed by atoms with Gasteiger partial charge in [0.2, 0.25) is 0 Å². The number of ether oxygens (including phenoxy) is 2. The minimum Gasteiger partial charge on any atom is -0.481 e. The molecule has 0 aliphatic heterocycles. The standard InChI is InChI=1S/C14H18FNO4/c1-19-12-7-6-10(14(12)18)16-13(17)8-20-11-5-3-2-4-9(11)15/h2-5,10,12,14,18H,6-8H2,1H3,(H,16,17)/t10-,12-,14-/m1/s1. The Labute approximate surface area is 116 Å². The average Bonchev–Trinajstić information content (AvgIpc) is 2.79. The van der Waals surface area contributed by atoms with E-state index in [-0.39, 0.29) is 24.5 Å². The lowest BCUT2D eigenvalue weighted by atomic mass is 10.2. The van der Waals surface area contributed by atoms with Gasteiger partial charge in [0.15, 0.2) is 18.2 Å². The van der Waals surface area contributed by atoms with Crippen molar-refractivity contribution in [2.75, 3.05) is 13.7 Å². The Morgan fingerprint density at radius 3 is 2.85 bits per heavy atom. The van der Waals surface area contributed by atoms with Gasteiger partial charge in [0, 0.05) is 7.11 Å². The number of aliphatic hydroxyl groups is 1. The second kappa shape index (κ2) is 6.67. The molecule has 1 saturated carbocycles. The Morgan fingerprint density at radius 1 is 1.45 bits per heavy atom. The Kier molecular flexibility index (Phi) is 4.92. The molecule has 1 aromatic rings. The molecule has 1 fully saturated rings. The largest absolute Gasteiger partial charge is 0.481 e. The summed E-state index contributed by atoms with van der Waals surface area (Å²) in [4.78, 5) is 11.7. The van der Waals surface area contributed by atoms with Crippen molar-refractivity contribution in [1.82, 2.24) is 5.32 Å². The lowest BCUT2D eigenvalue weighted by Gasteiger charge is -2.19. The number of methoxy groups -OCH3 is 1. The van der Waals surface area contributed by atoms with Crippen molar-refractivity contribution in [2.24, 2.45) is 0 Å². The van der Waals surface area contributed by atoms with E-state index in [2.05, 4.69) is 5.32 Å². The number of carbonyl (C=O) groups is 1. The van der Waals surface area contributed by atoms with Gasteiger partial charge in [-0.15, -0.1) is 0 Å². The van der Waals surface area contributed by atoms with Crippen LogP contribution in [0, 0.1) is 5.82 Å². The second-order valence-corrected chi connectivity index (χ2v) is 4.74. The lowest BCUT2D eigenvalue weighted by Crippen LogP contribution is -2.45. The zero-order valence-electron chi connectivity index (χ0n) is 11.2. The van der Waals surface area contributed by atoms with E-state index in [1.165, 1.54) is 19.2 Å². The van der Waals surface area contributed by atoms with Gasteiger partial charge in [-0.2, -0.15) is 0 Å². The van der Waals surface area contributed by atoms with E-state index < -0.39 is 17.8 Å². The summed E-state index contributed by atoms with van der Waals surface area (Å²) in [5.41, 5.74) is 0. The van der Waals surface area contributed by atoms with Gasteiger partial charge in [0.1, 0.15) is 6.10 Å². The first-order valence-corrected chi connectivity index (χ1v) is 6.49. The molecular weight excluding hydrogens is 265 g/mol. The van der Waals surface area contributed by atoms with E-state index in [0.29, 0.717) is 12.8 Å². The van der Waals surface area contributed by atoms with Crippen LogP contribution in [0.3, 0.4) is 0 Å².